The van der Waals surface area contributed by atoms with Gasteiger partial charge in [-0.3, -0.25) is 9.69 Å². The molecular formula is C15H24N2O4. The molecule has 0 bridgehead atoms. The molecule has 0 aromatic rings. The van der Waals surface area contributed by atoms with Crippen molar-refractivity contribution in [1.29, 1.82) is 0 Å². The zero-order chi connectivity index (χ0) is 14.9. The maximum Gasteiger partial charge on any atom is 0.410 e. The molecule has 1 spiro atoms. The number of cyclic esters (lactones) is 1. The third-order valence-corrected chi connectivity index (χ3v) is 5.24. The lowest BCUT2D eigenvalue weighted by Crippen LogP contribution is -2.52. The van der Waals surface area contributed by atoms with Gasteiger partial charge in [0.05, 0.1) is 12.6 Å². The maximum absolute atomic E-state index is 12.5. The molecule has 2 atom stereocenters. The Balaban J connectivity index is 1.63. The number of likely N-dealkylation sites (tertiary alicyclic amines) is 1. The van der Waals surface area contributed by atoms with Crippen LogP contribution in [0.15, 0.2) is 0 Å². The summed E-state index contributed by atoms with van der Waals surface area (Å²) in [6, 6.07) is 0. The van der Waals surface area contributed by atoms with Crippen molar-refractivity contribution in [2.45, 2.75) is 38.2 Å². The third-order valence-electron chi connectivity index (χ3n) is 5.24. The average Bonchev–Trinajstić information content (AvgIpc) is 3.06. The Labute approximate surface area is 125 Å². The highest BCUT2D eigenvalue weighted by Crippen LogP contribution is 2.46. The van der Waals surface area contributed by atoms with E-state index in [4.69, 9.17) is 9.47 Å². The Bertz CT molecular complexity index is 428. The molecule has 118 valence electrons. The van der Waals surface area contributed by atoms with Crippen LogP contribution in [0.4, 0.5) is 4.79 Å². The average molecular weight is 296 g/mol. The van der Waals surface area contributed by atoms with Gasteiger partial charge >= 0.3 is 6.09 Å². The van der Waals surface area contributed by atoms with Gasteiger partial charge in [0.1, 0.15) is 13.2 Å². The molecule has 3 fully saturated rings. The summed E-state index contributed by atoms with van der Waals surface area (Å²) in [7, 11) is 1.78. The number of amides is 2. The molecule has 3 rings (SSSR count). The summed E-state index contributed by atoms with van der Waals surface area (Å²) in [4.78, 5) is 27.3. The van der Waals surface area contributed by atoms with Crippen LogP contribution in [0.5, 0.6) is 0 Å². The number of carbonyl (C=O) groups is 2. The molecule has 2 saturated heterocycles. The van der Waals surface area contributed by atoms with Crippen LogP contribution in [0, 0.1) is 5.41 Å². The molecule has 2 amide bonds. The lowest BCUT2D eigenvalue weighted by Gasteiger charge is -2.43. The van der Waals surface area contributed by atoms with Gasteiger partial charge in [0, 0.05) is 25.6 Å². The van der Waals surface area contributed by atoms with E-state index in [1.54, 1.807) is 7.11 Å². The Kier molecular flexibility index (Phi) is 4.06. The molecule has 1 aliphatic carbocycles. The zero-order valence-electron chi connectivity index (χ0n) is 12.7. The van der Waals surface area contributed by atoms with Crippen molar-refractivity contribution in [3.8, 4) is 0 Å². The number of ether oxygens (including phenoxy) is 2. The molecule has 0 unspecified atom stereocenters. The summed E-state index contributed by atoms with van der Waals surface area (Å²) < 4.78 is 10.5. The van der Waals surface area contributed by atoms with Crippen molar-refractivity contribution in [3.05, 3.63) is 0 Å². The first-order valence-corrected chi connectivity index (χ1v) is 7.87. The highest BCUT2D eigenvalue weighted by Gasteiger charge is 2.46. The molecule has 21 heavy (non-hydrogen) atoms. The highest BCUT2D eigenvalue weighted by molar-refractivity contribution is 5.83. The van der Waals surface area contributed by atoms with E-state index in [2.05, 4.69) is 0 Å². The second kappa shape index (κ2) is 5.83. The fraction of sp³-hybridized carbons (Fsp3) is 0.867. The molecule has 0 N–H and O–H groups in total. The molecule has 2 heterocycles. The van der Waals surface area contributed by atoms with Gasteiger partial charge in [-0.25, -0.2) is 4.79 Å². The Hall–Kier alpha value is -1.30. The number of rotatable bonds is 3. The third kappa shape index (κ3) is 2.73. The second-order valence-corrected chi connectivity index (χ2v) is 6.43. The number of hydrogen-bond donors (Lipinski definition) is 0. The lowest BCUT2D eigenvalue weighted by molar-refractivity contribution is -0.137. The topological polar surface area (TPSA) is 59.1 Å². The highest BCUT2D eigenvalue weighted by atomic mass is 16.6. The molecule has 0 aromatic heterocycles. The van der Waals surface area contributed by atoms with Crippen LogP contribution >= 0.6 is 0 Å². The second-order valence-electron chi connectivity index (χ2n) is 6.43. The van der Waals surface area contributed by atoms with Gasteiger partial charge in [0.15, 0.2) is 0 Å². The normalized spacial score (nSPS) is 32.8. The largest absolute Gasteiger partial charge is 0.448 e. The minimum absolute atomic E-state index is 0.0367. The first-order chi connectivity index (χ1) is 10.1. The number of hydrogen-bond acceptors (Lipinski definition) is 4. The predicted molar refractivity (Wildman–Crippen MR) is 75.8 cm³/mol. The molecule has 0 aromatic carbocycles. The minimum Gasteiger partial charge on any atom is -0.448 e. The summed E-state index contributed by atoms with van der Waals surface area (Å²) in [5.41, 5.74) is 0.133. The zero-order valence-corrected chi connectivity index (χ0v) is 12.7. The van der Waals surface area contributed by atoms with Crippen molar-refractivity contribution in [2.75, 3.05) is 39.9 Å². The number of nitrogens with zero attached hydrogens (tertiary/aromatic N) is 2. The SMILES string of the molecule is CO[C@@H]1CCC[C@]12CCCN(C(=O)CN1CCOC1=O)C2. The minimum atomic E-state index is -0.370. The first kappa shape index (κ1) is 14.6. The fourth-order valence-corrected chi connectivity index (χ4v) is 4.15. The summed E-state index contributed by atoms with van der Waals surface area (Å²) in [5, 5.41) is 0. The molecular weight excluding hydrogens is 272 g/mol. The van der Waals surface area contributed by atoms with E-state index < -0.39 is 0 Å². The van der Waals surface area contributed by atoms with Crippen LogP contribution in [0.3, 0.4) is 0 Å². The van der Waals surface area contributed by atoms with E-state index in [0.717, 1.165) is 38.8 Å². The van der Waals surface area contributed by atoms with E-state index in [0.29, 0.717) is 13.2 Å². The summed E-state index contributed by atoms with van der Waals surface area (Å²) in [6.07, 6.45) is 5.48. The van der Waals surface area contributed by atoms with Crippen molar-refractivity contribution < 1.29 is 19.1 Å². The van der Waals surface area contributed by atoms with Crippen LogP contribution < -0.4 is 0 Å². The van der Waals surface area contributed by atoms with E-state index in [1.807, 2.05) is 4.90 Å². The monoisotopic (exact) mass is 296 g/mol. The Morgan fingerprint density at radius 3 is 2.90 bits per heavy atom. The van der Waals surface area contributed by atoms with Gasteiger partial charge in [-0.1, -0.05) is 6.42 Å². The smallest absolute Gasteiger partial charge is 0.410 e. The van der Waals surface area contributed by atoms with E-state index in [9.17, 15) is 9.59 Å². The van der Waals surface area contributed by atoms with Crippen molar-refractivity contribution in [3.63, 3.8) is 0 Å². The van der Waals surface area contributed by atoms with Crippen molar-refractivity contribution >= 4 is 12.0 Å². The lowest BCUT2D eigenvalue weighted by atomic mass is 9.76. The molecule has 0 radical (unpaired) electrons. The maximum atomic E-state index is 12.5. The summed E-state index contributed by atoms with van der Waals surface area (Å²) in [6.45, 7) is 2.62. The van der Waals surface area contributed by atoms with Gasteiger partial charge in [-0.15, -0.1) is 0 Å². The molecule has 6 nitrogen and oxygen atoms in total. The van der Waals surface area contributed by atoms with E-state index in [-0.39, 0.29) is 30.1 Å². The number of methoxy groups -OCH3 is 1. The molecule has 2 aliphatic heterocycles. The van der Waals surface area contributed by atoms with Gasteiger partial charge in [-0.05, 0) is 25.7 Å². The predicted octanol–water partition coefficient (Wildman–Crippen LogP) is 1.25. The summed E-state index contributed by atoms with van der Waals surface area (Å²) in [5.74, 6) is 0.0367. The van der Waals surface area contributed by atoms with Crippen molar-refractivity contribution in [1.82, 2.24) is 9.80 Å². The van der Waals surface area contributed by atoms with E-state index in [1.165, 1.54) is 11.3 Å². The van der Waals surface area contributed by atoms with Crippen molar-refractivity contribution in [2.24, 2.45) is 5.41 Å². The van der Waals surface area contributed by atoms with Crippen LogP contribution in [-0.4, -0.2) is 67.8 Å². The van der Waals surface area contributed by atoms with Gasteiger partial charge in [0.2, 0.25) is 5.91 Å². The van der Waals surface area contributed by atoms with Crippen LogP contribution in [0.25, 0.3) is 0 Å². The Morgan fingerprint density at radius 2 is 2.19 bits per heavy atom. The van der Waals surface area contributed by atoms with Gasteiger partial charge < -0.3 is 14.4 Å². The van der Waals surface area contributed by atoms with Crippen LogP contribution in [0.2, 0.25) is 0 Å². The molecule has 6 heteroatoms. The number of piperidine rings is 1. The number of carbonyl (C=O) groups excluding carboxylic acids is 2. The molecule has 1 saturated carbocycles. The van der Waals surface area contributed by atoms with Crippen LogP contribution in [0.1, 0.15) is 32.1 Å². The Morgan fingerprint density at radius 1 is 1.38 bits per heavy atom. The molecule has 3 aliphatic rings. The van der Waals surface area contributed by atoms with Gasteiger partial charge in [-0.2, -0.15) is 0 Å². The van der Waals surface area contributed by atoms with Crippen LogP contribution in [-0.2, 0) is 14.3 Å². The quantitative estimate of drug-likeness (QED) is 0.786. The summed E-state index contributed by atoms with van der Waals surface area (Å²) >= 11 is 0. The van der Waals surface area contributed by atoms with E-state index >= 15 is 0 Å². The first-order valence-electron chi connectivity index (χ1n) is 7.87. The van der Waals surface area contributed by atoms with Gasteiger partial charge in [0.25, 0.3) is 0 Å². The fourth-order valence-electron chi connectivity index (χ4n) is 4.15. The standard InChI is InChI=1S/C15H24N2O4/c1-20-12-4-2-5-15(12)6-3-7-17(11-15)13(18)10-16-8-9-21-14(16)19/h12H,2-11H2,1H3/t12-,15-/m1/s1.